The van der Waals surface area contributed by atoms with E-state index in [4.69, 9.17) is 4.98 Å². The topological polar surface area (TPSA) is 58.9 Å². The number of aromatic amines is 1. The van der Waals surface area contributed by atoms with E-state index >= 15 is 0 Å². The third-order valence-electron chi connectivity index (χ3n) is 4.91. The second-order valence-electron chi connectivity index (χ2n) is 6.38. The molecule has 1 aliphatic rings. The Bertz CT molecular complexity index is 993. The summed E-state index contributed by atoms with van der Waals surface area (Å²) in [7, 11) is 0. The van der Waals surface area contributed by atoms with Gasteiger partial charge in [0.1, 0.15) is 12.0 Å². The van der Waals surface area contributed by atoms with E-state index in [9.17, 15) is 0 Å². The summed E-state index contributed by atoms with van der Waals surface area (Å²) in [6, 6.07) is 8.48. The van der Waals surface area contributed by atoms with Crippen molar-refractivity contribution in [1.82, 2.24) is 24.6 Å². The highest BCUT2D eigenvalue weighted by molar-refractivity contribution is 5.94. The molecule has 0 spiro atoms. The van der Waals surface area contributed by atoms with Crippen LogP contribution in [0.4, 0.5) is 0 Å². The third kappa shape index (κ3) is 2.11. The molecule has 1 saturated carbocycles. The van der Waals surface area contributed by atoms with Gasteiger partial charge in [-0.1, -0.05) is 19.3 Å². The van der Waals surface area contributed by atoms with E-state index < -0.39 is 0 Å². The SMILES string of the molecule is c1nc2cc(-c3c[nH]c4nc(CC5CCC5)ccc34)ccn2n1. The number of nitrogens with one attached hydrogen (secondary N) is 1. The van der Waals surface area contributed by atoms with Gasteiger partial charge in [-0.05, 0) is 42.2 Å². The van der Waals surface area contributed by atoms with Crippen LogP contribution in [-0.2, 0) is 6.42 Å². The fourth-order valence-corrected chi connectivity index (χ4v) is 3.37. The average molecular weight is 303 g/mol. The minimum Gasteiger partial charge on any atom is -0.346 e. The van der Waals surface area contributed by atoms with Gasteiger partial charge in [0, 0.05) is 29.0 Å². The number of pyridine rings is 2. The third-order valence-corrected chi connectivity index (χ3v) is 4.91. The Labute approximate surface area is 133 Å². The normalized spacial score (nSPS) is 15.3. The van der Waals surface area contributed by atoms with Crippen molar-refractivity contribution in [2.24, 2.45) is 5.92 Å². The molecule has 5 rings (SSSR count). The van der Waals surface area contributed by atoms with Gasteiger partial charge in [0.25, 0.3) is 0 Å². The molecule has 0 aliphatic heterocycles. The Hall–Kier alpha value is -2.69. The number of hydrogen-bond donors (Lipinski definition) is 1. The van der Waals surface area contributed by atoms with Gasteiger partial charge in [-0.15, -0.1) is 0 Å². The molecule has 0 amide bonds. The second-order valence-corrected chi connectivity index (χ2v) is 6.38. The Morgan fingerprint density at radius 1 is 1.22 bits per heavy atom. The molecule has 0 saturated heterocycles. The van der Waals surface area contributed by atoms with E-state index in [0.29, 0.717) is 0 Å². The highest BCUT2D eigenvalue weighted by Crippen LogP contribution is 2.31. The molecule has 4 heterocycles. The maximum absolute atomic E-state index is 4.81. The quantitative estimate of drug-likeness (QED) is 0.629. The lowest BCUT2D eigenvalue weighted by atomic mass is 9.82. The molecular weight excluding hydrogens is 286 g/mol. The van der Waals surface area contributed by atoms with Crippen molar-refractivity contribution < 1.29 is 0 Å². The molecule has 5 heteroatoms. The van der Waals surface area contributed by atoms with Crippen LogP contribution in [0.3, 0.4) is 0 Å². The maximum atomic E-state index is 4.81. The van der Waals surface area contributed by atoms with Gasteiger partial charge < -0.3 is 4.98 Å². The van der Waals surface area contributed by atoms with Crippen LogP contribution >= 0.6 is 0 Å². The standard InChI is InChI=1S/C18H17N5/c1-2-12(3-1)8-14-4-5-15-16(10-19-18(15)22-14)13-6-7-23-17(9-13)20-11-21-23/h4-7,9-12H,1-3,8H2,(H,19,22). The van der Waals surface area contributed by atoms with E-state index in [-0.39, 0.29) is 0 Å². The predicted molar refractivity (Wildman–Crippen MR) is 89.1 cm³/mol. The first-order valence-electron chi connectivity index (χ1n) is 8.13. The van der Waals surface area contributed by atoms with Crippen LogP contribution in [0.1, 0.15) is 25.0 Å². The highest BCUT2D eigenvalue weighted by Gasteiger charge is 2.18. The van der Waals surface area contributed by atoms with Gasteiger partial charge in [0.05, 0.1) is 0 Å². The molecule has 0 aromatic carbocycles. The number of aromatic nitrogens is 5. The van der Waals surface area contributed by atoms with E-state index in [1.165, 1.54) is 25.0 Å². The number of fused-ring (bicyclic) bond motifs is 2. The Morgan fingerprint density at radius 2 is 2.17 bits per heavy atom. The van der Waals surface area contributed by atoms with Gasteiger partial charge in [0.15, 0.2) is 5.65 Å². The van der Waals surface area contributed by atoms with Crippen LogP contribution in [-0.4, -0.2) is 24.6 Å². The van der Waals surface area contributed by atoms with Crippen LogP contribution in [0.25, 0.3) is 27.8 Å². The number of rotatable bonds is 3. The molecule has 0 atom stereocenters. The summed E-state index contributed by atoms with van der Waals surface area (Å²) in [6.07, 6.45) is 10.7. The summed E-state index contributed by atoms with van der Waals surface area (Å²) in [4.78, 5) is 12.4. The van der Waals surface area contributed by atoms with Crippen LogP contribution in [0.2, 0.25) is 0 Å². The lowest BCUT2D eigenvalue weighted by Crippen LogP contribution is -2.14. The van der Waals surface area contributed by atoms with E-state index in [2.05, 4.69) is 39.3 Å². The zero-order valence-electron chi connectivity index (χ0n) is 12.7. The highest BCUT2D eigenvalue weighted by atomic mass is 15.3. The molecule has 1 N–H and O–H groups in total. The Kier molecular flexibility index (Phi) is 2.74. The number of H-pyrrole nitrogens is 1. The van der Waals surface area contributed by atoms with Crippen LogP contribution in [0, 0.1) is 5.92 Å². The van der Waals surface area contributed by atoms with Gasteiger partial charge in [-0.25, -0.2) is 14.5 Å². The fraction of sp³-hybridized carbons (Fsp3) is 0.278. The van der Waals surface area contributed by atoms with E-state index in [1.54, 1.807) is 10.8 Å². The fourth-order valence-electron chi connectivity index (χ4n) is 3.37. The van der Waals surface area contributed by atoms with Crippen molar-refractivity contribution in [1.29, 1.82) is 0 Å². The molecule has 4 aromatic rings. The smallest absolute Gasteiger partial charge is 0.155 e. The van der Waals surface area contributed by atoms with Gasteiger partial charge in [-0.2, -0.15) is 5.10 Å². The minimum absolute atomic E-state index is 0.838. The van der Waals surface area contributed by atoms with Crippen LogP contribution < -0.4 is 0 Å². The van der Waals surface area contributed by atoms with Crippen molar-refractivity contribution in [2.75, 3.05) is 0 Å². The number of hydrogen-bond acceptors (Lipinski definition) is 3. The lowest BCUT2D eigenvalue weighted by molar-refractivity contribution is 0.312. The van der Waals surface area contributed by atoms with E-state index in [0.717, 1.165) is 40.1 Å². The predicted octanol–water partition coefficient (Wildman–Crippen LogP) is 3.62. The van der Waals surface area contributed by atoms with Crippen LogP contribution in [0.5, 0.6) is 0 Å². The molecule has 5 nitrogen and oxygen atoms in total. The van der Waals surface area contributed by atoms with Crippen molar-refractivity contribution in [2.45, 2.75) is 25.7 Å². The molecule has 0 radical (unpaired) electrons. The van der Waals surface area contributed by atoms with Gasteiger partial charge >= 0.3 is 0 Å². The first kappa shape index (κ1) is 12.8. The Balaban J connectivity index is 1.55. The van der Waals surface area contributed by atoms with Crippen molar-refractivity contribution in [3.05, 3.63) is 48.7 Å². The molecular formula is C18H17N5. The van der Waals surface area contributed by atoms with E-state index in [1.807, 2.05) is 12.4 Å². The summed E-state index contributed by atoms with van der Waals surface area (Å²) < 4.78 is 1.77. The largest absolute Gasteiger partial charge is 0.346 e. The summed E-state index contributed by atoms with van der Waals surface area (Å²) in [5, 5.41) is 5.30. The summed E-state index contributed by atoms with van der Waals surface area (Å²) in [5.74, 6) is 0.838. The zero-order valence-corrected chi connectivity index (χ0v) is 12.7. The average Bonchev–Trinajstić information content (AvgIpc) is 3.16. The molecule has 4 aromatic heterocycles. The van der Waals surface area contributed by atoms with Crippen molar-refractivity contribution in [3.8, 4) is 11.1 Å². The van der Waals surface area contributed by atoms with Crippen LogP contribution in [0.15, 0.2) is 43.0 Å². The lowest BCUT2D eigenvalue weighted by Gasteiger charge is -2.24. The molecule has 1 aliphatic carbocycles. The molecule has 23 heavy (non-hydrogen) atoms. The summed E-state index contributed by atoms with van der Waals surface area (Å²) in [6.45, 7) is 0. The Morgan fingerprint density at radius 3 is 3.04 bits per heavy atom. The minimum atomic E-state index is 0.838. The number of nitrogens with zero attached hydrogens (tertiary/aromatic N) is 4. The van der Waals surface area contributed by atoms with Gasteiger partial charge in [-0.3, -0.25) is 0 Å². The first-order chi connectivity index (χ1) is 11.4. The molecule has 0 bridgehead atoms. The van der Waals surface area contributed by atoms with Gasteiger partial charge in [0.2, 0.25) is 0 Å². The van der Waals surface area contributed by atoms with Crippen molar-refractivity contribution in [3.63, 3.8) is 0 Å². The summed E-state index contributed by atoms with van der Waals surface area (Å²) >= 11 is 0. The molecule has 114 valence electrons. The van der Waals surface area contributed by atoms with Crippen molar-refractivity contribution >= 4 is 16.7 Å². The zero-order chi connectivity index (χ0) is 15.2. The first-order valence-corrected chi connectivity index (χ1v) is 8.13. The molecule has 1 fully saturated rings. The maximum Gasteiger partial charge on any atom is 0.155 e. The monoisotopic (exact) mass is 303 g/mol. The summed E-state index contributed by atoms with van der Waals surface area (Å²) in [5.41, 5.74) is 5.31. The second kappa shape index (κ2) is 4.91. The molecule has 0 unspecified atom stereocenters.